The van der Waals surface area contributed by atoms with Crippen molar-refractivity contribution in [1.29, 1.82) is 0 Å². The molecule has 0 amide bonds. The van der Waals surface area contributed by atoms with Gasteiger partial charge in [-0.25, -0.2) is 9.67 Å². The average Bonchev–Trinajstić information content (AvgIpc) is 3.13. The molecular formula is C15H16F3N3. The Balaban J connectivity index is 2.02. The van der Waals surface area contributed by atoms with Gasteiger partial charge in [0.2, 0.25) is 0 Å². The Bertz CT molecular complexity index is 654. The Labute approximate surface area is 120 Å². The molecule has 1 aliphatic rings. The quantitative estimate of drug-likeness (QED) is 0.846. The van der Waals surface area contributed by atoms with Crippen LogP contribution in [0.3, 0.4) is 0 Å². The third-order valence-corrected chi connectivity index (χ3v) is 3.71. The predicted molar refractivity (Wildman–Crippen MR) is 72.4 cm³/mol. The summed E-state index contributed by atoms with van der Waals surface area (Å²) in [7, 11) is 0. The van der Waals surface area contributed by atoms with Crippen molar-refractivity contribution in [2.24, 2.45) is 0 Å². The van der Waals surface area contributed by atoms with Crippen molar-refractivity contribution >= 4 is 0 Å². The van der Waals surface area contributed by atoms with Crippen LogP contribution in [0.2, 0.25) is 0 Å². The van der Waals surface area contributed by atoms with Gasteiger partial charge < -0.3 is 0 Å². The summed E-state index contributed by atoms with van der Waals surface area (Å²) in [6.45, 7) is 4.05. The number of hydrogen-bond donors (Lipinski definition) is 0. The fourth-order valence-electron chi connectivity index (χ4n) is 2.42. The number of rotatable bonds is 3. The maximum Gasteiger partial charge on any atom is 0.453 e. The Morgan fingerprint density at radius 1 is 1.24 bits per heavy atom. The monoisotopic (exact) mass is 295 g/mol. The molecule has 6 heteroatoms. The van der Waals surface area contributed by atoms with E-state index >= 15 is 0 Å². The summed E-state index contributed by atoms with van der Waals surface area (Å²) in [5.41, 5.74) is 2.93. The third-order valence-electron chi connectivity index (χ3n) is 3.71. The first-order chi connectivity index (χ1) is 9.86. The number of halogens is 3. The van der Waals surface area contributed by atoms with Crippen LogP contribution >= 0.6 is 0 Å². The van der Waals surface area contributed by atoms with Crippen molar-refractivity contribution in [3.8, 4) is 5.69 Å². The Kier molecular flexibility index (Phi) is 3.26. The number of alkyl halides is 3. The van der Waals surface area contributed by atoms with Gasteiger partial charge in [0.1, 0.15) is 6.33 Å². The molecule has 2 aromatic rings. The Hall–Kier alpha value is -1.85. The SMILES string of the molecule is CC(C)c1cc(C2CC2)ccc1-n1cnc(C(F)(F)F)n1. The molecule has 1 aliphatic carbocycles. The van der Waals surface area contributed by atoms with Crippen LogP contribution in [0.4, 0.5) is 13.2 Å². The molecule has 1 fully saturated rings. The largest absolute Gasteiger partial charge is 0.453 e. The summed E-state index contributed by atoms with van der Waals surface area (Å²) >= 11 is 0. The molecule has 0 N–H and O–H groups in total. The number of hydrogen-bond acceptors (Lipinski definition) is 2. The maximum absolute atomic E-state index is 12.6. The van der Waals surface area contributed by atoms with Crippen molar-refractivity contribution in [3.05, 3.63) is 41.5 Å². The highest BCUT2D eigenvalue weighted by molar-refractivity contribution is 5.46. The van der Waals surface area contributed by atoms with E-state index < -0.39 is 12.0 Å². The second kappa shape index (κ2) is 4.86. The smallest absolute Gasteiger partial charge is 0.220 e. The third kappa shape index (κ3) is 2.80. The zero-order chi connectivity index (χ0) is 15.2. The van der Waals surface area contributed by atoms with E-state index in [4.69, 9.17) is 0 Å². The first kappa shape index (κ1) is 14.1. The molecule has 0 bridgehead atoms. The lowest BCUT2D eigenvalue weighted by Gasteiger charge is -2.14. The second-order valence-corrected chi connectivity index (χ2v) is 5.76. The molecule has 1 saturated carbocycles. The molecule has 21 heavy (non-hydrogen) atoms. The zero-order valence-electron chi connectivity index (χ0n) is 11.9. The highest BCUT2D eigenvalue weighted by Gasteiger charge is 2.36. The van der Waals surface area contributed by atoms with Crippen LogP contribution in [0.1, 0.15) is 55.5 Å². The lowest BCUT2D eigenvalue weighted by molar-refractivity contribution is -0.144. The lowest BCUT2D eigenvalue weighted by Crippen LogP contribution is -2.09. The summed E-state index contributed by atoms with van der Waals surface area (Å²) in [6.07, 6.45) is -1.01. The highest BCUT2D eigenvalue weighted by Crippen LogP contribution is 2.41. The summed E-state index contributed by atoms with van der Waals surface area (Å²) in [5.74, 6) is -0.293. The van der Waals surface area contributed by atoms with E-state index in [0.29, 0.717) is 11.6 Å². The van der Waals surface area contributed by atoms with Gasteiger partial charge in [-0.3, -0.25) is 0 Å². The van der Waals surface area contributed by atoms with Gasteiger partial charge >= 0.3 is 6.18 Å². The fourth-order valence-corrected chi connectivity index (χ4v) is 2.42. The first-order valence-corrected chi connectivity index (χ1v) is 6.99. The average molecular weight is 295 g/mol. The van der Waals surface area contributed by atoms with E-state index in [9.17, 15) is 13.2 Å². The van der Waals surface area contributed by atoms with Gasteiger partial charge in [-0.1, -0.05) is 26.0 Å². The Morgan fingerprint density at radius 3 is 2.48 bits per heavy atom. The van der Waals surface area contributed by atoms with E-state index in [1.165, 1.54) is 23.1 Å². The van der Waals surface area contributed by atoms with Crippen molar-refractivity contribution < 1.29 is 13.2 Å². The topological polar surface area (TPSA) is 30.7 Å². The summed E-state index contributed by atoms with van der Waals surface area (Å²) in [5, 5.41) is 3.57. The molecule has 0 aliphatic heterocycles. The van der Waals surface area contributed by atoms with E-state index in [1.807, 2.05) is 26.0 Å². The van der Waals surface area contributed by atoms with Crippen molar-refractivity contribution in [2.45, 2.75) is 44.7 Å². The summed E-state index contributed by atoms with van der Waals surface area (Å²) < 4.78 is 39.1. The van der Waals surface area contributed by atoms with E-state index in [1.54, 1.807) is 0 Å². The molecule has 112 valence electrons. The van der Waals surface area contributed by atoms with Gasteiger partial charge in [0.15, 0.2) is 0 Å². The summed E-state index contributed by atoms with van der Waals surface area (Å²) in [6, 6.07) is 5.91. The normalized spacial score (nSPS) is 15.7. The minimum absolute atomic E-state index is 0.206. The maximum atomic E-state index is 12.6. The number of aromatic nitrogens is 3. The van der Waals surface area contributed by atoms with E-state index in [2.05, 4.69) is 16.1 Å². The van der Waals surface area contributed by atoms with Gasteiger partial charge in [0.25, 0.3) is 5.82 Å². The highest BCUT2D eigenvalue weighted by atomic mass is 19.4. The fraction of sp³-hybridized carbons (Fsp3) is 0.467. The molecule has 0 saturated heterocycles. The summed E-state index contributed by atoms with van der Waals surface area (Å²) in [4.78, 5) is 3.36. The molecule has 0 radical (unpaired) electrons. The molecule has 1 aromatic heterocycles. The van der Waals surface area contributed by atoms with E-state index in [-0.39, 0.29) is 5.92 Å². The van der Waals surface area contributed by atoms with Gasteiger partial charge in [0.05, 0.1) is 5.69 Å². The van der Waals surface area contributed by atoms with Crippen molar-refractivity contribution in [3.63, 3.8) is 0 Å². The van der Waals surface area contributed by atoms with Crippen molar-refractivity contribution in [2.75, 3.05) is 0 Å². The number of nitrogens with zero attached hydrogens (tertiary/aromatic N) is 3. The van der Waals surface area contributed by atoms with Gasteiger partial charge in [-0.05, 0) is 41.9 Å². The first-order valence-electron chi connectivity index (χ1n) is 6.99. The van der Waals surface area contributed by atoms with Crippen LogP contribution in [0.25, 0.3) is 5.69 Å². The Morgan fingerprint density at radius 2 is 1.95 bits per heavy atom. The molecular weight excluding hydrogens is 279 g/mol. The van der Waals surface area contributed by atoms with Gasteiger partial charge in [0, 0.05) is 0 Å². The van der Waals surface area contributed by atoms with Crippen LogP contribution in [-0.2, 0) is 6.18 Å². The minimum atomic E-state index is -4.52. The van der Waals surface area contributed by atoms with Gasteiger partial charge in [-0.2, -0.15) is 13.2 Å². The predicted octanol–water partition coefficient (Wildman–Crippen LogP) is 4.29. The van der Waals surface area contributed by atoms with Crippen LogP contribution in [0.5, 0.6) is 0 Å². The molecule has 3 nitrogen and oxygen atoms in total. The number of benzene rings is 1. The molecule has 0 spiro atoms. The zero-order valence-corrected chi connectivity index (χ0v) is 11.9. The second-order valence-electron chi connectivity index (χ2n) is 5.76. The van der Waals surface area contributed by atoms with E-state index in [0.717, 1.165) is 11.9 Å². The molecule has 3 rings (SSSR count). The van der Waals surface area contributed by atoms with Crippen LogP contribution in [0.15, 0.2) is 24.5 Å². The van der Waals surface area contributed by atoms with Crippen LogP contribution in [0, 0.1) is 0 Å². The van der Waals surface area contributed by atoms with Crippen LogP contribution in [-0.4, -0.2) is 14.8 Å². The standard InChI is InChI=1S/C15H16F3N3/c1-9(2)12-7-11(10-3-4-10)5-6-13(12)21-8-19-14(20-21)15(16,17)18/h5-10H,3-4H2,1-2H3. The van der Waals surface area contributed by atoms with Crippen molar-refractivity contribution in [1.82, 2.24) is 14.8 Å². The lowest BCUT2D eigenvalue weighted by atomic mass is 9.97. The molecule has 0 atom stereocenters. The minimum Gasteiger partial charge on any atom is -0.220 e. The van der Waals surface area contributed by atoms with Crippen LogP contribution < -0.4 is 0 Å². The molecule has 0 unspecified atom stereocenters. The van der Waals surface area contributed by atoms with Gasteiger partial charge in [-0.15, -0.1) is 5.10 Å². The molecule has 1 aromatic carbocycles. The molecule has 1 heterocycles.